The van der Waals surface area contributed by atoms with Crippen LogP contribution in [0.1, 0.15) is 18.5 Å². The lowest BCUT2D eigenvalue weighted by Gasteiger charge is -2.02. The molecule has 1 unspecified atom stereocenters. The summed E-state index contributed by atoms with van der Waals surface area (Å²) in [6, 6.07) is 10.0. The lowest BCUT2D eigenvalue weighted by atomic mass is 10.1. The van der Waals surface area contributed by atoms with E-state index in [0.717, 1.165) is 16.8 Å². The smallest absolute Gasteiger partial charge is 0.230 e. The van der Waals surface area contributed by atoms with E-state index in [1.165, 1.54) is 23.5 Å². The molecule has 0 amide bonds. The first-order chi connectivity index (χ1) is 10.7. The molecule has 3 rings (SSSR count). The number of benzene rings is 1. The highest BCUT2D eigenvalue weighted by Crippen LogP contribution is 2.28. The number of azo groups is 1. The maximum Gasteiger partial charge on any atom is 0.230 e. The van der Waals surface area contributed by atoms with Crippen molar-refractivity contribution in [3.8, 4) is 11.3 Å². The first-order valence-electron chi connectivity index (χ1n) is 6.74. The minimum Gasteiger partial charge on any atom is -0.265 e. The Kier molecular flexibility index (Phi) is 4.29. The van der Waals surface area contributed by atoms with Crippen LogP contribution in [0, 0.1) is 5.82 Å². The molecule has 0 aliphatic rings. The number of hydrogen-bond acceptors (Lipinski definition) is 5. The van der Waals surface area contributed by atoms with Crippen molar-refractivity contribution in [2.75, 3.05) is 0 Å². The fourth-order valence-electron chi connectivity index (χ4n) is 1.91. The van der Waals surface area contributed by atoms with Gasteiger partial charge in [0, 0.05) is 23.3 Å². The Labute approximate surface area is 131 Å². The molecule has 1 atom stereocenters. The van der Waals surface area contributed by atoms with Crippen LogP contribution in [0.5, 0.6) is 0 Å². The van der Waals surface area contributed by atoms with E-state index in [4.69, 9.17) is 0 Å². The van der Waals surface area contributed by atoms with Gasteiger partial charge < -0.3 is 0 Å². The monoisotopic (exact) mass is 312 g/mol. The molecule has 6 heteroatoms. The molecule has 0 radical (unpaired) electrons. The van der Waals surface area contributed by atoms with Crippen molar-refractivity contribution in [1.82, 2.24) is 9.97 Å². The van der Waals surface area contributed by atoms with Crippen LogP contribution >= 0.6 is 11.3 Å². The third-order valence-corrected chi connectivity index (χ3v) is 3.86. The maximum absolute atomic E-state index is 12.9. The van der Waals surface area contributed by atoms with E-state index < -0.39 is 0 Å². The minimum absolute atomic E-state index is 0.0545. The highest BCUT2D eigenvalue weighted by molar-refractivity contribution is 7.13. The molecule has 3 aromatic rings. The van der Waals surface area contributed by atoms with Crippen molar-refractivity contribution >= 4 is 16.5 Å². The fourth-order valence-corrected chi connectivity index (χ4v) is 2.56. The molecule has 4 nitrogen and oxygen atoms in total. The molecule has 0 saturated heterocycles. The molecule has 22 heavy (non-hydrogen) atoms. The minimum atomic E-state index is -0.259. The molecule has 0 bridgehead atoms. The Bertz CT molecular complexity index is 768. The number of nitrogens with zero attached hydrogens (tertiary/aromatic N) is 4. The average molecular weight is 312 g/mol. The van der Waals surface area contributed by atoms with Gasteiger partial charge in [-0.3, -0.25) is 4.98 Å². The molecule has 0 spiro atoms. The molecule has 0 aliphatic carbocycles. The second-order valence-corrected chi connectivity index (χ2v) is 5.53. The molecule has 110 valence electrons. The number of pyridine rings is 1. The molecule has 0 aliphatic heterocycles. The molecule has 0 saturated carbocycles. The second-order valence-electron chi connectivity index (χ2n) is 4.69. The van der Waals surface area contributed by atoms with Crippen molar-refractivity contribution < 1.29 is 4.39 Å². The Morgan fingerprint density at radius 2 is 1.82 bits per heavy atom. The number of aromatic nitrogens is 2. The van der Waals surface area contributed by atoms with E-state index >= 15 is 0 Å². The molecule has 0 N–H and O–H groups in total. The topological polar surface area (TPSA) is 50.5 Å². The van der Waals surface area contributed by atoms with E-state index in [-0.39, 0.29) is 11.9 Å². The molecule has 0 fully saturated rings. The van der Waals surface area contributed by atoms with Crippen molar-refractivity contribution in [2.24, 2.45) is 10.2 Å². The number of halogens is 1. The van der Waals surface area contributed by atoms with Gasteiger partial charge in [0.05, 0.1) is 11.7 Å². The molecule has 2 aromatic heterocycles. The summed E-state index contributed by atoms with van der Waals surface area (Å²) in [5.74, 6) is -0.259. The summed E-state index contributed by atoms with van der Waals surface area (Å²) in [4.78, 5) is 8.38. The van der Waals surface area contributed by atoms with Gasteiger partial charge in [-0.05, 0) is 48.9 Å². The van der Waals surface area contributed by atoms with Gasteiger partial charge >= 0.3 is 0 Å². The summed E-state index contributed by atoms with van der Waals surface area (Å²) in [7, 11) is 0. The van der Waals surface area contributed by atoms with Gasteiger partial charge in [0.1, 0.15) is 5.82 Å². The van der Waals surface area contributed by atoms with Gasteiger partial charge in [0.15, 0.2) is 0 Å². The predicted molar refractivity (Wildman–Crippen MR) is 84.7 cm³/mol. The summed E-state index contributed by atoms with van der Waals surface area (Å²) in [6.07, 6.45) is 3.47. The van der Waals surface area contributed by atoms with Crippen LogP contribution in [0.25, 0.3) is 11.3 Å². The Morgan fingerprint density at radius 3 is 2.55 bits per heavy atom. The second kappa shape index (κ2) is 6.53. The Balaban J connectivity index is 1.74. The Morgan fingerprint density at radius 1 is 1.09 bits per heavy atom. The van der Waals surface area contributed by atoms with Gasteiger partial charge in [0.25, 0.3) is 0 Å². The highest BCUT2D eigenvalue weighted by atomic mass is 32.1. The van der Waals surface area contributed by atoms with E-state index in [1.807, 2.05) is 24.4 Å². The third kappa shape index (κ3) is 3.40. The summed E-state index contributed by atoms with van der Waals surface area (Å²) in [5, 5.41) is 10.9. The third-order valence-electron chi connectivity index (χ3n) is 3.14. The lowest BCUT2D eigenvalue weighted by Crippen LogP contribution is -1.87. The van der Waals surface area contributed by atoms with Crippen molar-refractivity contribution in [2.45, 2.75) is 13.0 Å². The predicted octanol–water partition coefficient (Wildman–Crippen LogP) is 5.19. The first kappa shape index (κ1) is 14.5. The normalized spacial score (nSPS) is 12.6. The number of hydrogen-bond donors (Lipinski definition) is 0. The molecular formula is C16H13FN4S. The summed E-state index contributed by atoms with van der Waals surface area (Å²) in [6.45, 7) is 1.97. The van der Waals surface area contributed by atoms with Gasteiger partial charge in [-0.25, -0.2) is 9.37 Å². The maximum atomic E-state index is 12.9. The van der Waals surface area contributed by atoms with Gasteiger partial charge in [-0.15, -0.1) is 16.5 Å². The summed E-state index contributed by atoms with van der Waals surface area (Å²) >= 11 is 1.41. The number of thiazole rings is 1. The van der Waals surface area contributed by atoms with Crippen LogP contribution < -0.4 is 0 Å². The van der Waals surface area contributed by atoms with Crippen molar-refractivity contribution in [1.29, 1.82) is 0 Å². The molecule has 1 aromatic carbocycles. The van der Waals surface area contributed by atoms with Crippen LogP contribution in [-0.2, 0) is 0 Å². The Hall–Kier alpha value is -2.47. The largest absolute Gasteiger partial charge is 0.265 e. The van der Waals surface area contributed by atoms with Crippen LogP contribution in [-0.4, -0.2) is 9.97 Å². The number of rotatable bonds is 4. The average Bonchev–Trinajstić information content (AvgIpc) is 3.03. The van der Waals surface area contributed by atoms with Gasteiger partial charge in [0.2, 0.25) is 5.13 Å². The SMILES string of the molecule is CC(N=Nc1nc(-c2ccc(F)cc2)cs1)c1ccncc1. The van der Waals surface area contributed by atoms with Gasteiger partial charge in [-0.2, -0.15) is 5.11 Å². The van der Waals surface area contributed by atoms with E-state index in [2.05, 4.69) is 20.2 Å². The fraction of sp³-hybridized carbons (Fsp3) is 0.125. The van der Waals surface area contributed by atoms with Crippen LogP contribution in [0.3, 0.4) is 0 Å². The van der Waals surface area contributed by atoms with Crippen LogP contribution in [0.4, 0.5) is 9.52 Å². The quantitative estimate of drug-likeness (QED) is 0.622. The van der Waals surface area contributed by atoms with E-state index in [1.54, 1.807) is 24.5 Å². The highest BCUT2D eigenvalue weighted by Gasteiger charge is 2.06. The summed E-state index contributed by atoms with van der Waals surface area (Å²) in [5.41, 5.74) is 2.69. The van der Waals surface area contributed by atoms with E-state index in [0.29, 0.717) is 5.13 Å². The van der Waals surface area contributed by atoms with Crippen LogP contribution in [0.15, 0.2) is 64.4 Å². The van der Waals surface area contributed by atoms with E-state index in [9.17, 15) is 4.39 Å². The zero-order valence-corrected chi connectivity index (χ0v) is 12.7. The zero-order valence-electron chi connectivity index (χ0n) is 11.8. The van der Waals surface area contributed by atoms with Crippen LogP contribution in [0.2, 0.25) is 0 Å². The molecule has 2 heterocycles. The standard InChI is InChI=1S/C16H13FN4S/c1-11(12-6-8-18-9-7-12)20-21-16-19-15(10-22-16)13-2-4-14(17)5-3-13/h2-11H,1H3. The van der Waals surface area contributed by atoms with Gasteiger partial charge in [-0.1, -0.05) is 0 Å². The lowest BCUT2D eigenvalue weighted by molar-refractivity contribution is 0.628. The first-order valence-corrected chi connectivity index (χ1v) is 7.62. The molecular weight excluding hydrogens is 299 g/mol. The van der Waals surface area contributed by atoms with Crippen molar-refractivity contribution in [3.05, 3.63) is 65.6 Å². The summed E-state index contributed by atoms with van der Waals surface area (Å²) < 4.78 is 12.9. The zero-order chi connectivity index (χ0) is 15.4. The van der Waals surface area contributed by atoms with Crippen molar-refractivity contribution in [3.63, 3.8) is 0 Å².